The van der Waals surface area contributed by atoms with Crippen LogP contribution < -0.4 is 5.32 Å². The predicted octanol–water partition coefficient (Wildman–Crippen LogP) is -3.38. The van der Waals surface area contributed by atoms with Gasteiger partial charge in [-0.25, -0.2) is 0 Å². The molecule has 1 aliphatic rings. The first-order valence-corrected chi connectivity index (χ1v) is 5.90. The molecule has 0 bridgehead atoms. The summed E-state index contributed by atoms with van der Waals surface area (Å²) in [6.45, 7) is -0.697. The van der Waals surface area contributed by atoms with Gasteiger partial charge in [0.05, 0.1) is 11.9 Å². The lowest BCUT2D eigenvalue weighted by atomic mass is 9.96. The van der Waals surface area contributed by atoms with Crippen molar-refractivity contribution in [3.05, 3.63) is 0 Å². The number of carbonyl (C=O) groups is 1. The molecule has 0 aromatic carbocycles. The van der Waals surface area contributed by atoms with E-state index in [0.29, 0.717) is 0 Å². The van der Waals surface area contributed by atoms with Gasteiger partial charge in [0.1, 0.15) is 18.3 Å². The topological polar surface area (TPSA) is 139 Å². The fourth-order valence-corrected chi connectivity index (χ4v) is 1.63. The SMILES string of the molecule is O=C(CBr)NC1(O)OC(CO)C(O)C(O)C1O. The van der Waals surface area contributed by atoms with E-state index in [1.54, 1.807) is 0 Å². The summed E-state index contributed by atoms with van der Waals surface area (Å²) in [6.07, 6.45) is -6.60. The van der Waals surface area contributed by atoms with Gasteiger partial charge in [-0.3, -0.25) is 4.79 Å². The normalized spacial score (nSPS) is 42.2. The minimum Gasteiger partial charge on any atom is -0.394 e. The summed E-state index contributed by atoms with van der Waals surface area (Å²) in [7, 11) is 0. The maximum absolute atomic E-state index is 11.1. The average molecular weight is 316 g/mol. The number of alkyl halides is 1. The number of ether oxygens (including phenoxy) is 1. The van der Waals surface area contributed by atoms with Crippen molar-refractivity contribution in [2.45, 2.75) is 30.3 Å². The number of nitrogens with one attached hydrogen (secondary N) is 1. The minimum absolute atomic E-state index is 0.159. The first-order valence-electron chi connectivity index (χ1n) is 4.78. The third kappa shape index (κ3) is 2.94. The van der Waals surface area contributed by atoms with Crippen LogP contribution in [0.1, 0.15) is 0 Å². The fraction of sp³-hybridized carbons (Fsp3) is 0.875. The lowest BCUT2D eigenvalue weighted by molar-refractivity contribution is -0.358. The number of carbonyl (C=O) groups excluding carboxylic acids is 1. The van der Waals surface area contributed by atoms with Gasteiger partial charge in [0.15, 0.2) is 6.10 Å². The maximum Gasteiger partial charge on any atom is 0.279 e. The predicted molar refractivity (Wildman–Crippen MR) is 56.9 cm³/mol. The molecule has 5 atom stereocenters. The molecule has 1 saturated heterocycles. The Kier molecular flexibility index (Phi) is 4.84. The zero-order chi connectivity index (χ0) is 13.2. The van der Waals surface area contributed by atoms with E-state index in [9.17, 15) is 25.2 Å². The first kappa shape index (κ1) is 14.8. The molecule has 1 rings (SSSR count). The summed E-state index contributed by atoms with van der Waals surface area (Å²) in [5, 5.41) is 48.9. The molecule has 100 valence electrons. The van der Waals surface area contributed by atoms with Gasteiger partial charge in [-0.05, 0) is 0 Å². The Bertz CT molecular complexity index is 289. The summed E-state index contributed by atoms with van der Waals surface area (Å²) in [4.78, 5) is 11.1. The van der Waals surface area contributed by atoms with Crippen LogP contribution in [-0.4, -0.2) is 73.7 Å². The highest BCUT2D eigenvalue weighted by Crippen LogP contribution is 2.26. The Morgan fingerprint density at radius 2 is 1.94 bits per heavy atom. The molecule has 1 fully saturated rings. The third-order valence-corrected chi connectivity index (χ3v) is 2.92. The summed E-state index contributed by atoms with van der Waals surface area (Å²) < 4.78 is 4.78. The van der Waals surface area contributed by atoms with Gasteiger partial charge in [-0.2, -0.15) is 0 Å². The van der Waals surface area contributed by atoms with Crippen LogP contribution in [0.5, 0.6) is 0 Å². The van der Waals surface area contributed by atoms with E-state index in [-0.39, 0.29) is 5.33 Å². The molecule has 1 amide bonds. The van der Waals surface area contributed by atoms with Gasteiger partial charge in [-0.1, -0.05) is 15.9 Å². The van der Waals surface area contributed by atoms with Crippen LogP contribution in [-0.2, 0) is 9.53 Å². The van der Waals surface area contributed by atoms with E-state index < -0.39 is 42.8 Å². The van der Waals surface area contributed by atoms with Crippen molar-refractivity contribution >= 4 is 21.8 Å². The van der Waals surface area contributed by atoms with Crippen LogP contribution in [0.25, 0.3) is 0 Å². The second-order valence-electron chi connectivity index (χ2n) is 3.64. The number of rotatable bonds is 3. The molecule has 8 nitrogen and oxygen atoms in total. The summed E-state index contributed by atoms with van der Waals surface area (Å²) in [5.41, 5.74) is 0. The molecule has 1 heterocycles. The fourth-order valence-electron chi connectivity index (χ4n) is 1.49. The molecule has 0 spiro atoms. The molecule has 9 heteroatoms. The van der Waals surface area contributed by atoms with Gasteiger partial charge < -0.3 is 35.6 Å². The van der Waals surface area contributed by atoms with Gasteiger partial charge >= 0.3 is 0 Å². The van der Waals surface area contributed by atoms with Crippen LogP contribution in [0.2, 0.25) is 0 Å². The lowest BCUT2D eigenvalue weighted by Crippen LogP contribution is -2.71. The Morgan fingerprint density at radius 1 is 1.35 bits per heavy atom. The molecule has 1 aliphatic heterocycles. The maximum atomic E-state index is 11.1. The van der Waals surface area contributed by atoms with Crippen molar-refractivity contribution in [3.8, 4) is 0 Å². The quantitative estimate of drug-likeness (QED) is 0.236. The molecular formula is C8H14BrNO7. The highest BCUT2D eigenvalue weighted by Gasteiger charge is 2.53. The van der Waals surface area contributed by atoms with Crippen LogP contribution in [0.3, 0.4) is 0 Å². The van der Waals surface area contributed by atoms with Crippen LogP contribution in [0, 0.1) is 0 Å². The van der Waals surface area contributed by atoms with Gasteiger partial charge in [0.25, 0.3) is 5.91 Å². The van der Waals surface area contributed by atoms with E-state index in [1.165, 1.54) is 0 Å². The Hall–Kier alpha value is -0.290. The van der Waals surface area contributed by atoms with Crippen molar-refractivity contribution < 1.29 is 35.1 Å². The molecule has 0 saturated carbocycles. The summed E-state index contributed by atoms with van der Waals surface area (Å²) >= 11 is 2.82. The van der Waals surface area contributed by atoms with E-state index in [0.717, 1.165) is 0 Å². The first-order chi connectivity index (χ1) is 7.85. The average Bonchev–Trinajstić information content (AvgIpc) is 2.31. The third-order valence-electron chi connectivity index (χ3n) is 2.41. The molecular weight excluding hydrogens is 302 g/mol. The highest BCUT2D eigenvalue weighted by atomic mass is 79.9. The molecule has 0 aromatic rings. The molecule has 0 radical (unpaired) electrons. The monoisotopic (exact) mass is 315 g/mol. The smallest absolute Gasteiger partial charge is 0.279 e. The number of halogens is 1. The lowest BCUT2D eigenvalue weighted by Gasteiger charge is -2.45. The number of hydrogen-bond donors (Lipinski definition) is 6. The molecule has 0 aliphatic carbocycles. The largest absolute Gasteiger partial charge is 0.394 e. The number of hydrogen-bond acceptors (Lipinski definition) is 7. The Morgan fingerprint density at radius 3 is 2.41 bits per heavy atom. The van der Waals surface area contributed by atoms with Crippen molar-refractivity contribution in [2.75, 3.05) is 11.9 Å². The number of amides is 1. The van der Waals surface area contributed by atoms with Crippen molar-refractivity contribution in [1.82, 2.24) is 5.32 Å². The highest BCUT2D eigenvalue weighted by molar-refractivity contribution is 9.09. The molecule has 6 N–H and O–H groups in total. The second-order valence-corrected chi connectivity index (χ2v) is 4.20. The molecule has 5 unspecified atom stereocenters. The number of aliphatic hydroxyl groups excluding tert-OH is 4. The van der Waals surface area contributed by atoms with Crippen molar-refractivity contribution in [3.63, 3.8) is 0 Å². The zero-order valence-electron chi connectivity index (χ0n) is 8.65. The standard InChI is InChI=1S/C8H14BrNO7/c9-1-4(12)10-8(16)7(15)6(14)5(13)3(2-11)17-8/h3,5-7,11,13-16H,1-2H2,(H,10,12). The second kappa shape index (κ2) is 5.57. The summed E-state index contributed by atoms with van der Waals surface area (Å²) in [5.74, 6) is -3.26. The van der Waals surface area contributed by atoms with E-state index in [4.69, 9.17) is 9.84 Å². The van der Waals surface area contributed by atoms with E-state index in [1.807, 2.05) is 5.32 Å². The van der Waals surface area contributed by atoms with Crippen molar-refractivity contribution in [1.29, 1.82) is 0 Å². The zero-order valence-corrected chi connectivity index (χ0v) is 10.2. The Labute approximate surface area is 105 Å². The van der Waals surface area contributed by atoms with Crippen LogP contribution >= 0.6 is 15.9 Å². The summed E-state index contributed by atoms with van der Waals surface area (Å²) in [6, 6.07) is 0. The molecule has 0 aromatic heterocycles. The van der Waals surface area contributed by atoms with E-state index in [2.05, 4.69) is 15.9 Å². The van der Waals surface area contributed by atoms with Gasteiger partial charge in [0, 0.05) is 0 Å². The molecule has 17 heavy (non-hydrogen) atoms. The van der Waals surface area contributed by atoms with Gasteiger partial charge in [0.2, 0.25) is 5.91 Å². The number of aliphatic hydroxyl groups is 5. The van der Waals surface area contributed by atoms with Crippen LogP contribution in [0.15, 0.2) is 0 Å². The minimum atomic E-state index is -2.56. The van der Waals surface area contributed by atoms with Crippen LogP contribution in [0.4, 0.5) is 0 Å². The van der Waals surface area contributed by atoms with E-state index >= 15 is 0 Å². The Balaban J connectivity index is 2.86. The van der Waals surface area contributed by atoms with Crippen molar-refractivity contribution in [2.24, 2.45) is 0 Å². The van der Waals surface area contributed by atoms with Gasteiger partial charge in [-0.15, -0.1) is 0 Å².